The molecule has 1 N–H and O–H groups in total. The van der Waals surface area contributed by atoms with Gasteiger partial charge in [-0.2, -0.15) is 0 Å². The molecule has 0 spiro atoms. The third-order valence-electron chi connectivity index (χ3n) is 2.21. The summed E-state index contributed by atoms with van der Waals surface area (Å²) in [5.74, 6) is 0.0721. The Morgan fingerprint density at radius 2 is 2.07 bits per heavy atom. The number of aliphatic carboxylic acids is 1. The van der Waals surface area contributed by atoms with Crippen molar-refractivity contribution in [3.05, 3.63) is 30.3 Å². The van der Waals surface area contributed by atoms with Crippen LogP contribution in [0.5, 0.6) is 0 Å². The first-order chi connectivity index (χ1) is 7.20. The number of carbonyl (C=O) groups is 1. The van der Waals surface area contributed by atoms with Gasteiger partial charge < -0.3 is 5.11 Å². The summed E-state index contributed by atoms with van der Waals surface area (Å²) in [6, 6.07) is 10.2. The molecule has 1 atom stereocenters. The monoisotopic (exact) mass is 224 g/mol. The first kappa shape index (κ1) is 12.1. The number of rotatable bonds is 6. The van der Waals surface area contributed by atoms with E-state index >= 15 is 0 Å². The molecule has 0 radical (unpaired) electrons. The van der Waals surface area contributed by atoms with Gasteiger partial charge in [-0.05, 0) is 30.7 Å². The second-order valence-electron chi connectivity index (χ2n) is 3.54. The quantitative estimate of drug-likeness (QED) is 0.595. The number of carboxylic acids is 1. The van der Waals surface area contributed by atoms with E-state index in [1.807, 2.05) is 18.2 Å². The molecule has 0 saturated heterocycles. The topological polar surface area (TPSA) is 37.3 Å². The largest absolute Gasteiger partial charge is 0.481 e. The van der Waals surface area contributed by atoms with Crippen LogP contribution in [0.3, 0.4) is 0 Å². The maximum absolute atomic E-state index is 10.6. The van der Waals surface area contributed by atoms with E-state index in [0.29, 0.717) is 0 Å². The standard InChI is InChI=1S/C12H16O2S/c1-10(12(13)14)6-5-9-15-11-7-3-2-4-8-11/h2-4,7-8,10H,5-6,9H2,1H3,(H,13,14). The van der Waals surface area contributed by atoms with Crippen molar-refractivity contribution in [3.63, 3.8) is 0 Å². The fourth-order valence-electron chi connectivity index (χ4n) is 1.22. The van der Waals surface area contributed by atoms with E-state index in [2.05, 4.69) is 12.1 Å². The van der Waals surface area contributed by atoms with Crippen LogP contribution in [0.4, 0.5) is 0 Å². The molecule has 0 aromatic heterocycles. The first-order valence-corrected chi connectivity index (χ1v) is 6.09. The molecular formula is C12H16O2S. The van der Waals surface area contributed by atoms with Crippen LogP contribution in [0.1, 0.15) is 19.8 Å². The fraction of sp³-hybridized carbons (Fsp3) is 0.417. The van der Waals surface area contributed by atoms with Gasteiger partial charge >= 0.3 is 5.97 Å². The van der Waals surface area contributed by atoms with Gasteiger partial charge in [-0.25, -0.2) is 0 Å². The maximum Gasteiger partial charge on any atom is 0.306 e. The molecule has 0 aliphatic heterocycles. The van der Waals surface area contributed by atoms with E-state index in [1.54, 1.807) is 18.7 Å². The molecule has 0 aliphatic carbocycles. The zero-order valence-corrected chi connectivity index (χ0v) is 9.67. The predicted octanol–water partition coefficient (Wildman–Crippen LogP) is 3.28. The van der Waals surface area contributed by atoms with Crippen molar-refractivity contribution in [2.45, 2.75) is 24.7 Å². The minimum absolute atomic E-state index is 0.221. The minimum atomic E-state index is -0.695. The van der Waals surface area contributed by atoms with E-state index < -0.39 is 5.97 Å². The lowest BCUT2D eigenvalue weighted by atomic mass is 10.1. The van der Waals surface area contributed by atoms with E-state index in [1.165, 1.54) is 4.90 Å². The van der Waals surface area contributed by atoms with Crippen LogP contribution < -0.4 is 0 Å². The van der Waals surface area contributed by atoms with Crippen LogP contribution in [0.2, 0.25) is 0 Å². The van der Waals surface area contributed by atoms with Crippen LogP contribution in [-0.4, -0.2) is 16.8 Å². The van der Waals surface area contributed by atoms with Crippen LogP contribution in [-0.2, 0) is 4.79 Å². The number of carboxylic acid groups (broad SMARTS) is 1. The van der Waals surface area contributed by atoms with Crippen LogP contribution in [0.25, 0.3) is 0 Å². The zero-order valence-electron chi connectivity index (χ0n) is 8.85. The summed E-state index contributed by atoms with van der Waals surface area (Å²) in [4.78, 5) is 11.8. The number of hydrogen-bond donors (Lipinski definition) is 1. The van der Waals surface area contributed by atoms with Crippen molar-refractivity contribution < 1.29 is 9.90 Å². The second-order valence-corrected chi connectivity index (χ2v) is 4.71. The summed E-state index contributed by atoms with van der Waals surface area (Å²) >= 11 is 1.78. The van der Waals surface area contributed by atoms with Crippen molar-refractivity contribution in [1.29, 1.82) is 0 Å². The minimum Gasteiger partial charge on any atom is -0.481 e. The molecule has 1 aromatic rings. The van der Waals surface area contributed by atoms with Gasteiger partial charge in [0.15, 0.2) is 0 Å². The Morgan fingerprint density at radius 3 is 2.67 bits per heavy atom. The van der Waals surface area contributed by atoms with Crippen molar-refractivity contribution in [3.8, 4) is 0 Å². The molecule has 3 heteroatoms. The van der Waals surface area contributed by atoms with Gasteiger partial charge in [0, 0.05) is 4.90 Å². The first-order valence-electron chi connectivity index (χ1n) is 5.11. The highest BCUT2D eigenvalue weighted by Crippen LogP contribution is 2.19. The normalized spacial score (nSPS) is 12.3. The van der Waals surface area contributed by atoms with Gasteiger partial charge in [0.1, 0.15) is 0 Å². The van der Waals surface area contributed by atoms with Crippen molar-refractivity contribution in [2.24, 2.45) is 5.92 Å². The van der Waals surface area contributed by atoms with Gasteiger partial charge in [0.2, 0.25) is 0 Å². The SMILES string of the molecule is CC(CCCSc1ccccc1)C(=O)O. The molecule has 0 heterocycles. The molecule has 0 amide bonds. The molecular weight excluding hydrogens is 208 g/mol. The summed E-state index contributed by atoms with van der Waals surface area (Å²) in [5.41, 5.74) is 0. The van der Waals surface area contributed by atoms with Crippen LogP contribution in [0, 0.1) is 5.92 Å². The molecule has 0 saturated carbocycles. The Labute approximate surface area is 94.7 Å². The summed E-state index contributed by atoms with van der Waals surface area (Å²) in [6.45, 7) is 1.76. The predicted molar refractivity (Wildman–Crippen MR) is 63.2 cm³/mol. The summed E-state index contributed by atoms with van der Waals surface area (Å²) < 4.78 is 0. The molecule has 0 fully saturated rings. The van der Waals surface area contributed by atoms with Gasteiger partial charge in [0.25, 0.3) is 0 Å². The van der Waals surface area contributed by atoms with Crippen molar-refractivity contribution in [1.82, 2.24) is 0 Å². The Balaban J connectivity index is 2.15. The Hall–Kier alpha value is -0.960. The van der Waals surface area contributed by atoms with Gasteiger partial charge in [0.05, 0.1) is 5.92 Å². The van der Waals surface area contributed by atoms with E-state index in [9.17, 15) is 4.79 Å². The molecule has 1 rings (SSSR count). The van der Waals surface area contributed by atoms with Crippen LogP contribution >= 0.6 is 11.8 Å². The third-order valence-corrected chi connectivity index (χ3v) is 3.31. The van der Waals surface area contributed by atoms with E-state index in [0.717, 1.165) is 18.6 Å². The van der Waals surface area contributed by atoms with E-state index in [-0.39, 0.29) is 5.92 Å². The molecule has 15 heavy (non-hydrogen) atoms. The average molecular weight is 224 g/mol. The maximum atomic E-state index is 10.6. The fourth-order valence-corrected chi connectivity index (χ4v) is 2.12. The molecule has 1 aromatic carbocycles. The molecule has 1 unspecified atom stereocenters. The second kappa shape index (κ2) is 6.51. The summed E-state index contributed by atoms with van der Waals surface area (Å²) in [7, 11) is 0. The average Bonchev–Trinajstić information content (AvgIpc) is 2.25. The zero-order chi connectivity index (χ0) is 11.1. The summed E-state index contributed by atoms with van der Waals surface area (Å²) in [6.07, 6.45) is 1.71. The van der Waals surface area contributed by atoms with Gasteiger partial charge in [-0.3, -0.25) is 4.79 Å². The highest BCUT2D eigenvalue weighted by molar-refractivity contribution is 7.99. The summed E-state index contributed by atoms with van der Waals surface area (Å²) in [5, 5.41) is 8.69. The van der Waals surface area contributed by atoms with Crippen molar-refractivity contribution >= 4 is 17.7 Å². The smallest absolute Gasteiger partial charge is 0.306 e. The number of thioether (sulfide) groups is 1. The Morgan fingerprint density at radius 1 is 1.40 bits per heavy atom. The van der Waals surface area contributed by atoms with E-state index in [4.69, 9.17) is 5.11 Å². The Bertz CT molecular complexity index is 298. The molecule has 82 valence electrons. The van der Waals surface area contributed by atoms with Gasteiger partial charge in [-0.1, -0.05) is 25.1 Å². The molecule has 0 bridgehead atoms. The molecule has 2 nitrogen and oxygen atoms in total. The lowest BCUT2D eigenvalue weighted by molar-refractivity contribution is -0.141. The third kappa shape index (κ3) is 4.88. The highest BCUT2D eigenvalue weighted by Gasteiger charge is 2.09. The number of benzene rings is 1. The van der Waals surface area contributed by atoms with Crippen LogP contribution in [0.15, 0.2) is 35.2 Å². The number of hydrogen-bond acceptors (Lipinski definition) is 2. The van der Waals surface area contributed by atoms with Crippen molar-refractivity contribution in [2.75, 3.05) is 5.75 Å². The highest BCUT2D eigenvalue weighted by atomic mass is 32.2. The molecule has 0 aliphatic rings. The Kier molecular flexibility index (Phi) is 5.26. The van der Waals surface area contributed by atoms with Gasteiger partial charge in [-0.15, -0.1) is 11.8 Å². The lowest BCUT2D eigenvalue weighted by Crippen LogP contribution is -2.09. The lowest BCUT2D eigenvalue weighted by Gasteiger charge is -2.05.